The van der Waals surface area contributed by atoms with E-state index in [2.05, 4.69) is 5.32 Å². The highest BCUT2D eigenvalue weighted by atomic mass is 16.5. The van der Waals surface area contributed by atoms with Gasteiger partial charge in [-0.1, -0.05) is 6.07 Å². The molecule has 4 heteroatoms. The molecule has 1 fully saturated rings. The lowest BCUT2D eigenvalue weighted by Gasteiger charge is -2.15. The minimum absolute atomic E-state index is 0.0567. The third-order valence-electron chi connectivity index (χ3n) is 2.80. The summed E-state index contributed by atoms with van der Waals surface area (Å²) in [5.41, 5.74) is 0.471. The molecule has 2 rings (SSSR count). The molecule has 0 saturated carbocycles. The van der Waals surface area contributed by atoms with Crippen molar-refractivity contribution in [2.45, 2.75) is 25.5 Å². The molecule has 1 saturated heterocycles. The minimum Gasteiger partial charge on any atom is -0.508 e. The molecule has 0 bridgehead atoms. The van der Waals surface area contributed by atoms with Gasteiger partial charge in [0.1, 0.15) is 5.75 Å². The van der Waals surface area contributed by atoms with Crippen molar-refractivity contribution < 1.29 is 14.6 Å². The van der Waals surface area contributed by atoms with Crippen LogP contribution in [0.3, 0.4) is 0 Å². The topological polar surface area (TPSA) is 58.6 Å². The van der Waals surface area contributed by atoms with Gasteiger partial charge in [0.05, 0.1) is 12.1 Å². The average molecular weight is 221 g/mol. The molecule has 1 aliphatic rings. The van der Waals surface area contributed by atoms with Gasteiger partial charge in [-0.05, 0) is 31.5 Å². The normalized spacial score (nSPS) is 24.3. The van der Waals surface area contributed by atoms with Gasteiger partial charge in [-0.3, -0.25) is 4.79 Å². The number of ether oxygens (including phenoxy) is 1. The second-order valence-electron chi connectivity index (χ2n) is 3.99. The Morgan fingerprint density at radius 2 is 2.38 bits per heavy atom. The van der Waals surface area contributed by atoms with E-state index in [0.29, 0.717) is 12.2 Å². The van der Waals surface area contributed by atoms with Gasteiger partial charge >= 0.3 is 0 Å². The van der Waals surface area contributed by atoms with Gasteiger partial charge < -0.3 is 15.2 Å². The summed E-state index contributed by atoms with van der Waals surface area (Å²) in [6.07, 6.45) is 0.896. The summed E-state index contributed by atoms with van der Waals surface area (Å²) in [5, 5.41) is 12.2. The number of phenols is 1. The Morgan fingerprint density at radius 3 is 3.00 bits per heavy atom. The third-order valence-corrected chi connectivity index (χ3v) is 2.80. The van der Waals surface area contributed by atoms with Crippen molar-refractivity contribution >= 4 is 5.91 Å². The molecular weight excluding hydrogens is 206 g/mol. The van der Waals surface area contributed by atoms with E-state index in [1.165, 1.54) is 12.1 Å². The number of benzene rings is 1. The first-order valence-corrected chi connectivity index (χ1v) is 5.38. The van der Waals surface area contributed by atoms with Crippen LogP contribution in [0.1, 0.15) is 23.7 Å². The maximum Gasteiger partial charge on any atom is 0.251 e. The van der Waals surface area contributed by atoms with Crippen molar-refractivity contribution in [3.63, 3.8) is 0 Å². The smallest absolute Gasteiger partial charge is 0.251 e. The summed E-state index contributed by atoms with van der Waals surface area (Å²) in [6, 6.07) is 6.39. The number of aromatic hydroxyl groups is 1. The molecule has 0 spiro atoms. The van der Waals surface area contributed by atoms with Gasteiger partial charge in [0.2, 0.25) is 0 Å². The van der Waals surface area contributed by atoms with Gasteiger partial charge in [-0.15, -0.1) is 0 Å². The summed E-state index contributed by atoms with van der Waals surface area (Å²) < 4.78 is 5.36. The van der Waals surface area contributed by atoms with Gasteiger partial charge in [0, 0.05) is 12.2 Å². The lowest BCUT2D eigenvalue weighted by molar-refractivity contribution is 0.0866. The minimum atomic E-state index is -0.168. The van der Waals surface area contributed by atoms with Crippen LogP contribution >= 0.6 is 0 Å². The van der Waals surface area contributed by atoms with Crippen molar-refractivity contribution in [3.8, 4) is 5.75 Å². The highest BCUT2D eigenvalue weighted by molar-refractivity contribution is 5.94. The lowest BCUT2D eigenvalue weighted by atomic mass is 10.1. The number of phenolic OH excluding ortho intramolecular Hbond substituents is 1. The van der Waals surface area contributed by atoms with E-state index in [1.54, 1.807) is 12.1 Å². The predicted octanol–water partition coefficient (Wildman–Crippen LogP) is 1.30. The molecule has 1 aromatic carbocycles. The Hall–Kier alpha value is -1.55. The molecule has 1 amide bonds. The largest absolute Gasteiger partial charge is 0.508 e. The predicted molar refractivity (Wildman–Crippen MR) is 59.4 cm³/mol. The van der Waals surface area contributed by atoms with E-state index in [-0.39, 0.29) is 23.8 Å². The molecule has 0 radical (unpaired) electrons. The molecule has 0 aliphatic carbocycles. The van der Waals surface area contributed by atoms with Crippen LogP contribution in [0.2, 0.25) is 0 Å². The van der Waals surface area contributed by atoms with Crippen LogP contribution in [0, 0.1) is 0 Å². The molecular formula is C12H15NO3. The number of nitrogens with one attached hydrogen (secondary N) is 1. The van der Waals surface area contributed by atoms with Crippen LogP contribution in [0.15, 0.2) is 24.3 Å². The monoisotopic (exact) mass is 221 g/mol. The molecule has 1 aliphatic heterocycles. The number of hydrogen-bond donors (Lipinski definition) is 2. The van der Waals surface area contributed by atoms with Crippen LogP contribution < -0.4 is 5.32 Å². The number of carbonyl (C=O) groups is 1. The Labute approximate surface area is 94.2 Å². The number of carbonyl (C=O) groups excluding carboxylic acids is 1. The van der Waals surface area contributed by atoms with Crippen LogP contribution in [0.5, 0.6) is 5.75 Å². The van der Waals surface area contributed by atoms with Crippen molar-refractivity contribution in [1.82, 2.24) is 5.32 Å². The SMILES string of the molecule is CC1OCCC1NC(=O)c1cccc(O)c1. The summed E-state index contributed by atoms with van der Waals surface area (Å²) in [5.74, 6) is -0.0679. The first-order chi connectivity index (χ1) is 7.66. The summed E-state index contributed by atoms with van der Waals surface area (Å²) in [6.45, 7) is 2.63. The van der Waals surface area contributed by atoms with E-state index >= 15 is 0 Å². The molecule has 4 nitrogen and oxygen atoms in total. The van der Waals surface area contributed by atoms with Crippen LogP contribution in [0.25, 0.3) is 0 Å². The highest BCUT2D eigenvalue weighted by Gasteiger charge is 2.25. The fourth-order valence-electron chi connectivity index (χ4n) is 1.82. The zero-order chi connectivity index (χ0) is 11.5. The first kappa shape index (κ1) is 11.0. The van der Waals surface area contributed by atoms with Crippen molar-refractivity contribution in [2.24, 2.45) is 0 Å². The van der Waals surface area contributed by atoms with E-state index in [1.807, 2.05) is 6.92 Å². The van der Waals surface area contributed by atoms with E-state index in [9.17, 15) is 9.90 Å². The number of rotatable bonds is 2. The molecule has 86 valence electrons. The fourth-order valence-corrected chi connectivity index (χ4v) is 1.82. The van der Waals surface area contributed by atoms with Crippen LogP contribution in [0.4, 0.5) is 0 Å². The van der Waals surface area contributed by atoms with Crippen molar-refractivity contribution in [3.05, 3.63) is 29.8 Å². The van der Waals surface area contributed by atoms with E-state index < -0.39 is 0 Å². The van der Waals surface area contributed by atoms with Gasteiger partial charge in [0.15, 0.2) is 0 Å². The summed E-state index contributed by atoms with van der Waals surface area (Å²) >= 11 is 0. The fraction of sp³-hybridized carbons (Fsp3) is 0.417. The van der Waals surface area contributed by atoms with Gasteiger partial charge in [0.25, 0.3) is 5.91 Å². The molecule has 1 aromatic rings. The second-order valence-corrected chi connectivity index (χ2v) is 3.99. The molecule has 2 N–H and O–H groups in total. The van der Waals surface area contributed by atoms with Crippen LogP contribution in [-0.2, 0) is 4.74 Å². The first-order valence-electron chi connectivity index (χ1n) is 5.38. The van der Waals surface area contributed by atoms with Gasteiger partial charge in [-0.2, -0.15) is 0 Å². The Morgan fingerprint density at radius 1 is 1.56 bits per heavy atom. The number of amides is 1. The Balaban J connectivity index is 2.03. The maximum atomic E-state index is 11.8. The molecule has 2 unspecified atom stereocenters. The lowest BCUT2D eigenvalue weighted by Crippen LogP contribution is -2.39. The molecule has 16 heavy (non-hydrogen) atoms. The third kappa shape index (κ3) is 2.33. The van der Waals surface area contributed by atoms with Crippen molar-refractivity contribution in [1.29, 1.82) is 0 Å². The zero-order valence-corrected chi connectivity index (χ0v) is 9.14. The van der Waals surface area contributed by atoms with Gasteiger partial charge in [-0.25, -0.2) is 0 Å². The van der Waals surface area contributed by atoms with E-state index in [0.717, 1.165) is 6.42 Å². The summed E-state index contributed by atoms with van der Waals surface area (Å²) in [4.78, 5) is 11.8. The number of hydrogen-bond acceptors (Lipinski definition) is 3. The average Bonchev–Trinajstić information content (AvgIpc) is 2.64. The maximum absolute atomic E-state index is 11.8. The molecule has 2 atom stereocenters. The standard InChI is InChI=1S/C12H15NO3/c1-8-11(5-6-16-8)13-12(15)9-3-2-4-10(14)7-9/h2-4,7-8,11,14H,5-6H2,1H3,(H,13,15). The Kier molecular flexibility index (Phi) is 3.10. The highest BCUT2D eigenvalue weighted by Crippen LogP contribution is 2.15. The Bertz CT molecular complexity index is 392. The zero-order valence-electron chi connectivity index (χ0n) is 9.14. The molecule has 1 heterocycles. The quantitative estimate of drug-likeness (QED) is 0.791. The molecule has 0 aromatic heterocycles. The van der Waals surface area contributed by atoms with Crippen molar-refractivity contribution in [2.75, 3.05) is 6.61 Å². The summed E-state index contributed by atoms with van der Waals surface area (Å²) in [7, 11) is 0. The second kappa shape index (κ2) is 4.53. The van der Waals surface area contributed by atoms with Crippen LogP contribution in [-0.4, -0.2) is 29.8 Å². The van der Waals surface area contributed by atoms with E-state index in [4.69, 9.17) is 4.74 Å².